The SMILES string of the molecule is CCOC(=O)c1[nH]c2ccc(OC)c3c2c1[C@@H](CNC(C)=O)CC3. The smallest absolute Gasteiger partial charge is 0.355 e. The van der Waals surface area contributed by atoms with Crippen molar-refractivity contribution in [2.45, 2.75) is 32.6 Å². The van der Waals surface area contributed by atoms with E-state index < -0.39 is 0 Å². The van der Waals surface area contributed by atoms with Gasteiger partial charge in [-0.05, 0) is 37.5 Å². The Bertz CT molecular complexity index is 794. The summed E-state index contributed by atoms with van der Waals surface area (Å²) in [5, 5.41) is 3.90. The molecule has 3 rings (SSSR count). The summed E-state index contributed by atoms with van der Waals surface area (Å²) >= 11 is 0. The van der Waals surface area contributed by atoms with Crippen molar-refractivity contribution in [3.05, 3.63) is 29.0 Å². The fraction of sp³-hybridized carbons (Fsp3) is 0.444. The Hall–Kier alpha value is -2.50. The largest absolute Gasteiger partial charge is 0.496 e. The van der Waals surface area contributed by atoms with E-state index in [0.717, 1.165) is 40.6 Å². The number of nitrogens with one attached hydrogen (secondary N) is 2. The number of carbonyl (C=O) groups excluding carboxylic acids is 2. The maximum Gasteiger partial charge on any atom is 0.355 e. The number of aromatic nitrogens is 1. The average molecular weight is 330 g/mol. The van der Waals surface area contributed by atoms with E-state index in [4.69, 9.17) is 9.47 Å². The van der Waals surface area contributed by atoms with Crippen molar-refractivity contribution in [2.75, 3.05) is 20.3 Å². The van der Waals surface area contributed by atoms with E-state index in [9.17, 15) is 9.59 Å². The first kappa shape index (κ1) is 16.4. The second kappa shape index (κ2) is 6.55. The molecule has 6 heteroatoms. The van der Waals surface area contributed by atoms with E-state index >= 15 is 0 Å². The van der Waals surface area contributed by atoms with E-state index in [0.29, 0.717) is 18.8 Å². The van der Waals surface area contributed by atoms with E-state index in [2.05, 4.69) is 10.3 Å². The molecule has 1 aromatic carbocycles. The van der Waals surface area contributed by atoms with Crippen LogP contribution < -0.4 is 10.1 Å². The number of rotatable bonds is 5. The first-order valence-corrected chi connectivity index (χ1v) is 8.19. The molecule has 24 heavy (non-hydrogen) atoms. The van der Waals surface area contributed by atoms with Crippen LogP contribution in [0.2, 0.25) is 0 Å². The summed E-state index contributed by atoms with van der Waals surface area (Å²) in [4.78, 5) is 26.9. The number of carbonyl (C=O) groups is 2. The standard InChI is InChI=1S/C18H22N2O4/c1-4-24-18(22)17-15-11(9-19-10(2)21)5-6-12-14(23-3)8-7-13(20-17)16(12)15/h7-8,11,20H,4-6,9H2,1-3H3,(H,19,21)/t11-/m1/s1. The number of benzene rings is 1. The van der Waals surface area contributed by atoms with Crippen LogP contribution in [0.5, 0.6) is 5.75 Å². The van der Waals surface area contributed by atoms with Crippen LogP contribution in [0, 0.1) is 0 Å². The van der Waals surface area contributed by atoms with Gasteiger partial charge in [-0.3, -0.25) is 4.79 Å². The first-order chi connectivity index (χ1) is 11.6. The summed E-state index contributed by atoms with van der Waals surface area (Å²) in [6.07, 6.45) is 1.69. The summed E-state index contributed by atoms with van der Waals surface area (Å²) < 4.78 is 10.7. The Morgan fingerprint density at radius 2 is 2.17 bits per heavy atom. The van der Waals surface area contributed by atoms with E-state index in [1.165, 1.54) is 6.92 Å². The number of esters is 1. The van der Waals surface area contributed by atoms with Crippen LogP contribution in [0.15, 0.2) is 12.1 Å². The predicted molar refractivity (Wildman–Crippen MR) is 90.6 cm³/mol. The quantitative estimate of drug-likeness (QED) is 0.826. The highest BCUT2D eigenvalue weighted by molar-refractivity contribution is 6.01. The van der Waals surface area contributed by atoms with Crippen LogP contribution >= 0.6 is 0 Å². The third-order valence-corrected chi connectivity index (χ3v) is 4.52. The molecular weight excluding hydrogens is 308 g/mol. The zero-order valence-corrected chi connectivity index (χ0v) is 14.2. The van der Waals surface area contributed by atoms with Crippen molar-refractivity contribution in [3.8, 4) is 5.75 Å². The zero-order valence-electron chi connectivity index (χ0n) is 14.2. The number of methoxy groups -OCH3 is 1. The molecule has 1 aromatic heterocycles. The van der Waals surface area contributed by atoms with Crippen LogP contribution in [-0.4, -0.2) is 37.1 Å². The minimum Gasteiger partial charge on any atom is -0.496 e. The van der Waals surface area contributed by atoms with Gasteiger partial charge in [0.25, 0.3) is 0 Å². The summed E-state index contributed by atoms with van der Waals surface area (Å²) in [6, 6.07) is 3.84. The Morgan fingerprint density at radius 3 is 2.83 bits per heavy atom. The second-order valence-corrected chi connectivity index (χ2v) is 5.98. The first-order valence-electron chi connectivity index (χ1n) is 8.19. The maximum absolute atomic E-state index is 12.4. The summed E-state index contributed by atoms with van der Waals surface area (Å²) in [5.41, 5.74) is 3.42. The van der Waals surface area contributed by atoms with E-state index in [1.54, 1.807) is 14.0 Å². The molecule has 0 spiro atoms. The lowest BCUT2D eigenvalue weighted by Crippen LogP contribution is -2.28. The van der Waals surface area contributed by atoms with Crippen molar-refractivity contribution >= 4 is 22.8 Å². The monoisotopic (exact) mass is 330 g/mol. The van der Waals surface area contributed by atoms with Gasteiger partial charge >= 0.3 is 5.97 Å². The molecule has 1 atom stereocenters. The minimum atomic E-state index is -0.358. The lowest BCUT2D eigenvalue weighted by molar-refractivity contribution is -0.119. The number of amides is 1. The fourth-order valence-electron chi connectivity index (χ4n) is 3.51. The highest BCUT2D eigenvalue weighted by Crippen LogP contribution is 2.42. The second-order valence-electron chi connectivity index (χ2n) is 5.98. The highest BCUT2D eigenvalue weighted by atomic mass is 16.5. The van der Waals surface area contributed by atoms with Gasteiger partial charge < -0.3 is 19.8 Å². The Morgan fingerprint density at radius 1 is 1.38 bits per heavy atom. The molecule has 1 heterocycles. The van der Waals surface area contributed by atoms with Gasteiger partial charge in [0.15, 0.2) is 0 Å². The molecule has 0 saturated carbocycles. The zero-order chi connectivity index (χ0) is 17.3. The lowest BCUT2D eigenvalue weighted by atomic mass is 9.82. The molecule has 0 aliphatic heterocycles. The summed E-state index contributed by atoms with van der Waals surface area (Å²) in [7, 11) is 1.65. The van der Waals surface area contributed by atoms with Gasteiger partial charge in [0, 0.05) is 35.9 Å². The topological polar surface area (TPSA) is 80.4 Å². The van der Waals surface area contributed by atoms with Gasteiger partial charge in [0.2, 0.25) is 5.91 Å². The van der Waals surface area contributed by atoms with Crippen LogP contribution in [0.1, 0.15) is 47.8 Å². The molecular formula is C18H22N2O4. The normalized spacial score (nSPS) is 16.0. The van der Waals surface area contributed by atoms with Crippen LogP contribution in [0.4, 0.5) is 0 Å². The molecule has 2 aromatic rings. The van der Waals surface area contributed by atoms with Crippen molar-refractivity contribution in [1.82, 2.24) is 10.3 Å². The number of hydrogen-bond donors (Lipinski definition) is 2. The molecule has 0 saturated heterocycles. The van der Waals surface area contributed by atoms with Crippen LogP contribution in [-0.2, 0) is 16.0 Å². The van der Waals surface area contributed by atoms with E-state index in [-0.39, 0.29) is 17.8 Å². The predicted octanol–water partition coefficient (Wildman–Crippen LogP) is 2.52. The molecule has 128 valence electrons. The van der Waals surface area contributed by atoms with Gasteiger partial charge in [-0.15, -0.1) is 0 Å². The number of aromatic amines is 1. The molecule has 0 unspecified atom stereocenters. The Labute approximate surface area is 140 Å². The third-order valence-electron chi connectivity index (χ3n) is 4.52. The van der Waals surface area contributed by atoms with Crippen LogP contribution in [0.3, 0.4) is 0 Å². The van der Waals surface area contributed by atoms with Gasteiger partial charge in [-0.1, -0.05) is 0 Å². The summed E-state index contributed by atoms with van der Waals surface area (Å²) in [5.74, 6) is 0.469. The molecule has 1 aliphatic rings. The molecule has 0 radical (unpaired) electrons. The third kappa shape index (κ3) is 2.72. The number of ether oxygens (including phenoxy) is 2. The minimum absolute atomic E-state index is 0.0710. The van der Waals surface area contributed by atoms with Crippen molar-refractivity contribution in [1.29, 1.82) is 0 Å². The van der Waals surface area contributed by atoms with Gasteiger partial charge in [-0.2, -0.15) is 0 Å². The molecule has 1 amide bonds. The highest BCUT2D eigenvalue weighted by Gasteiger charge is 2.31. The maximum atomic E-state index is 12.4. The Balaban J connectivity index is 2.15. The average Bonchev–Trinajstić information content (AvgIpc) is 2.96. The number of H-pyrrole nitrogens is 1. The molecule has 0 bridgehead atoms. The molecule has 2 N–H and O–H groups in total. The van der Waals surface area contributed by atoms with Crippen LogP contribution in [0.25, 0.3) is 10.9 Å². The van der Waals surface area contributed by atoms with Gasteiger partial charge in [0.05, 0.1) is 13.7 Å². The molecule has 6 nitrogen and oxygen atoms in total. The van der Waals surface area contributed by atoms with E-state index in [1.807, 2.05) is 12.1 Å². The molecule has 0 fully saturated rings. The van der Waals surface area contributed by atoms with Crippen molar-refractivity contribution in [3.63, 3.8) is 0 Å². The molecule has 1 aliphatic carbocycles. The number of aryl methyl sites for hydroxylation is 1. The fourth-order valence-corrected chi connectivity index (χ4v) is 3.51. The number of hydrogen-bond acceptors (Lipinski definition) is 4. The Kier molecular flexibility index (Phi) is 4.46. The van der Waals surface area contributed by atoms with Crippen molar-refractivity contribution < 1.29 is 19.1 Å². The van der Waals surface area contributed by atoms with Gasteiger partial charge in [-0.25, -0.2) is 4.79 Å². The van der Waals surface area contributed by atoms with Crippen molar-refractivity contribution in [2.24, 2.45) is 0 Å². The lowest BCUT2D eigenvalue weighted by Gasteiger charge is -2.25. The van der Waals surface area contributed by atoms with Gasteiger partial charge in [0.1, 0.15) is 11.4 Å². The summed E-state index contributed by atoms with van der Waals surface area (Å²) in [6.45, 7) is 4.11.